The van der Waals surface area contributed by atoms with Gasteiger partial charge in [-0.2, -0.15) is 0 Å². The third-order valence-corrected chi connectivity index (χ3v) is 2.31. The molecular formula is C12H17NO5. The molecule has 0 N–H and O–H groups in total. The van der Waals surface area contributed by atoms with Gasteiger partial charge in [0.05, 0.1) is 12.0 Å². The lowest BCUT2D eigenvalue weighted by Gasteiger charge is -2.17. The fourth-order valence-electron chi connectivity index (χ4n) is 1.54. The average molecular weight is 255 g/mol. The van der Waals surface area contributed by atoms with Crippen LogP contribution in [0.1, 0.15) is 25.7 Å². The second-order valence-corrected chi connectivity index (χ2v) is 3.43. The van der Waals surface area contributed by atoms with Crippen LogP contribution in [0.3, 0.4) is 0 Å². The van der Waals surface area contributed by atoms with E-state index in [-0.39, 0.29) is 11.4 Å². The Morgan fingerprint density at radius 2 is 1.89 bits per heavy atom. The van der Waals surface area contributed by atoms with E-state index in [1.807, 2.05) is 13.8 Å². The molecule has 0 aliphatic rings. The highest BCUT2D eigenvalue weighted by molar-refractivity contribution is 5.48. The highest BCUT2D eigenvalue weighted by Crippen LogP contribution is 2.31. The fraction of sp³-hybridized carbons (Fsp3) is 0.500. The van der Waals surface area contributed by atoms with Crippen molar-refractivity contribution < 1.29 is 19.1 Å². The van der Waals surface area contributed by atoms with Gasteiger partial charge >= 0.3 is 5.69 Å². The molecule has 0 saturated heterocycles. The summed E-state index contributed by atoms with van der Waals surface area (Å²) in [6.07, 6.45) is -0.593. The summed E-state index contributed by atoms with van der Waals surface area (Å²) in [7, 11) is 1.39. The Morgan fingerprint density at radius 3 is 2.33 bits per heavy atom. The van der Waals surface area contributed by atoms with Crippen LogP contribution in [-0.2, 0) is 9.47 Å². The Hall–Kier alpha value is -1.66. The molecule has 1 aromatic rings. The molecule has 0 unspecified atom stereocenters. The number of hydrogen-bond donors (Lipinski definition) is 0. The van der Waals surface area contributed by atoms with Crippen LogP contribution in [-0.4, -0.2) is 25.2 Å². The van der Waals surface area contributed by atoms with Crippen LogP contribution in [0, 0.1) is 10.1 Å². The number of ether oxygens (including phenoxy) is 3. The van der Waals surface area contributed by atoms with Gasteiger partial charge in [-0.3, -0.25) is 10.1 Å². The molecule has 6 nitrogen and oxygen atoms in total. The molecule has 0 saturated carbocycles. The molecule has 18 heavy (non-hydrogen) atoms. The molecule has 0 aliphatic heterocycles. The number of rotatable bonds is 7. The van der Waals surface area contributed by atoms with E-state index in [0.29, 0.717) is 18.8 Å². The summed E-state index contributed by atoms with van der Waals surface area (Å²) in [4.78, 5) is 10.4. The van der Waals surface area contributed by atoms with Crippen LogP contribution in [0.5, 0.6) is 5.75 Å². The number of nitro groups is 1. The van der Waals surface area contributed by atoms with Crippen molar-refractivity contribution in [2.24, 2.45) is 0 Å². The van der Waals surface area contributed by atoms with Crippen molar-refractivity contribution in [2.45, 2.75) is 20.1 Å². The summed E-state index contributed by atoms with van der Waals surface area (Å²) in [5.41, 5.74) is 0.505. The largest absolute Gasteiger partial charge is 0.490 e. The number of methoxy groups -OCH3 is 1. The molecule has 0 radical (unpaired) electrons. The molecular weight excluding hydrogens is 238 g/mol. The second-order valence-electron chi connectivity index (χ2n) is 3.43. The first kappa shape index (κ1) is 14.4. The second kappa shape index (κ2) is 6.93. The van der Waals surface area contributed by atoms with Crippen LogP contribution < -0.4 is 4.74 Å². The van der Waals surface area contributed by atoms with Crippen molar-refractivity contribution >= 4 is 5.69 Å². The Labute approximate surface area is 106 Å². The Kier molecular flexibility index (Phi) is 5.54. The normalized spacial score (nSPS) is 10.7. The smallest absolute Gasteiger partial charge is 0.311 e. The summed E-state index contributed by atoms with van der Waals surface area (Å²) in [5, 5.41) is 10.9. The predicted octanol–water partition coefficient (Wildman–Crippen LogP) is 2.68. The van der Waals surface area contributed by atoms with E-state index < -0.39 is 11.2 Å². The first-order valence-corrected chi connectivity index (χ1v) is 5.69. The van der Waals surface area contributed by atoms with Crippen molar-refractivity contribution in [1.29, 1.82) is 0 Å². The van der Waals surface area contributed by atoms with Crippen molar-refractivity contribution in [3.63, 3.8) is 0 Å². The summed E-state index contributed by atoms with van der Waals surface area (Å²) in [6, 6.07) is 4.65. The van der Waals surface area contributed by atoms with Gasteiger partial charge in [0.15, 0.2) is 12.0 Å². The first-order valence-electron chi connectivity index (χ1n) is 5.69. The minimum Gasteiger partial charge on any atom is -0.490 e. The van der Waals surface area contributed by atoms with Gasteiger partial charge in [-0.05, 0) is 26.0 Å². The van der Waals surface area contributed by atoms with Crippen molar-refractivity contribution in [1.82, 2.24) is 0 Å². The third kappa shape index (κ3) is 3.41. The molecule has 0 atom stereocenters. The Balaban J connectivity index is 3.08. The van der Waals surface area contributed by atoms with Crippen LogP contribution in [0.2, 0.25) is 0 Å². The van der Waals surface area contributed by atoms with E-state index in [1.54, 1.807) is 12.1 Å². The maximum atomic E-state index is 10.9. The monoisotopic (exact) mass is 255 g/mol. The zero-order valence-electron chi connectivity index (χ0n) is 10.7. The van der Waals surface area contributed by atoms with Gasteiger partial charge in [0.2, 0.25) is 0 Å². The van der Waals surface area contributed by atoms with E-state index in [4.69, 9.17) is 14.2 Å². The van der Waals surface area contributed by atoms with E-state index in [2.05, 4.69) is 0 Å². The minimum absolute atomic E-state index is 0.0978. The van der Waals surface area contributed by atoms with E-state index in [9.17, 15) is 10.1 Å². The Morgan fingerprint density at radius 1 is 1.28 bits per heavy atom. The molecule has 0 aliphatic carbocycles. The number of nitro benzene ring substituents is 1. The highest BCUT2D eigenvalue weighted by Gasteiger charge is 2.19. The van der Waals surface area contributed by atoms with Gasteiger partial charge in [-0.25, -0.2) is 0 Å². The van der Waals surface area contributed by atoms with Gasteiger partial charge in [0.25, 0.3) is 0 Å². The average Bonchev–Trinajstić information content (AvgIpc) is 2.37. The number of hydrogen-bond acceptors (Lipinski definition) is 5. The predicted molar refractivity (Wildman–Crippen MR) is 65.6 cm³/mol. The van der Waals surface area contributed by atoms with Crippen LogP contribution >= 0.6 is 0 Å². The van der Waals surface area contributed by atoms with Gasteiger partial charge in [-0.1, -0.05) is 0 Å². The molecule has 1 aromatic carbocycles. The maximum absolute atomic E-state index is 10.9. The molecule has 6 heteroatoms. The van der Waals surface area contributed by atoms with E-state index >= 15 is 0 Å². The zero-order chi connectivity index (χ0) is 13.5. The van der Waals surface area contributed by atoms with Crippen LogP contribution in [0.15, 0.2) is 18.2 Å². The van der Waals surface area contributed by atoms with E-state index in [0.717, 1.165) is 0 Å². The molecule has 0 heterocycles. The van der Waals surface area contributed by atoms with Crippen molar-refractivity contribution in [3.05, 3.63) is 33.9 Å². The molecule has 0 aromatic heterocycles. The molecule has 100 valence electrons. The SMILES string of the molecule is CCOC(OCC)c1ccc(OC)c([N+](=O)[O-])c1. The first-order chi connectivity index (χ1) is 8.63. The van der Waals surface area contributed by atoms with Crippen LogP contribution in [0.4, 0.5) is 5.69 Å². The fourth-order valence-corrected chi connectivity index (χ4v) is 1.54. The lowest BCUT2D eigenvalue weighted by Crippen LogP contribution is -2.09. The lowest BCUT2D eigenvalue weighted by molar-refractivity contribution is -0.385. The number of benzene rings is 1. The molecule has 0 amide bonds. The lowest BCUT2D eigenvalue weighted by atomic mass is 10.2. The van der Waals surface area contributed by atoms with E-state index in [1.165, 1.54) is 13.2 Å². The maximum Gasteiger partial charge on any atom is 0.311 e. The molecule has 0 bridgehead atoms. The molecule has 1 rings (SSSR count). The highest BCUT2D eigenvalue weighted by atomic mass is 16.7. The number of nitrogens with zero attached hydrogens (tertiary/aromatic N) is 1. The Bertz CT molecular complexity index is 401. The zero-order valence-corrected chi connectivity index (χ0v) is 10.7. The van der Waals surface area contributed by atoms with Gasteiger partial charge in [-0.15, -0.1) is 0 Å². The van der Waals surface area contributed by atoms with Crippen LogP contribution in [0.25, 0.3) is 0 Å². The quantitative estimate of drug-likeness (QED) is 0.425. The van der Waals surface area contributed by atoms with Gasteiger partial charge in [0, 0.05) is 24.8 Å². The summed E-state index contributed by atoms with van der Waals surface area (Å²) < 4.78 is 15.7. The van der Waals surface area contributed by atoms with Gasteiger partial charge < -0.3 is 14.2 Å². The summed E-state index contributed by atoms with van der Waals surface area (Å²) >= 11 is 0. The van der Waals surface area contributed by atoms with Gasteiger partial charge in [0.1, 0.15) is 0 Å². The van der Waals surface area contributed by atoms with Crippen molar-refractivity contribution in [2.75, 3.05) is 20.3 Å². The minimum atomic E-state index is -0.593. The summed E-state index contributed by atoms with van der Waals surface area (Å²) in [5.74, 6) is 0.218. The topological polar surface area (TPSA) is 70.8 Å². The molecule has 0 spiro atoms. The third-order valence-electron chi connectivity index (χ3n) is 2.31. The molecule has 0 fully saturated rings. The standard InChI is InChI=1S/C12H17NO5/c1-4-17-12(18-5-2)9-6-7-11(16-3)10(8-9)13(14)15/h6-8,12H,4-5H2,1-3H3. The van der Waals surface area contributed by atoms with Crippen molar-refractivity contribution in [3.8, 4) is 5.75 Å². The summed E-state index contributed by atoms with van der Waals surface area (Å²) in [6.45, 7) is 4.60.